The summed E-state index contributed by atoms with van der Waals surface area (Å²) < 4.78 is 11.1. The van der Waals surface area contributed by atoms with Crippen molar-refractivity contribution in [2.75, 3.05) is 7.11 Å². The molecule has 0 atom stereocenters. The third-order valence-electron chi connectivity index (χ3n) is 2.15. The van der Waals surface area contributed by atoms with Crippen LogP contribution in [0.2, 0.25) is 0 Å². The molecule has 6 nitrogen and oxygen atoms in total. The summed E-state index contributed by atoms with van der Waals surface area (Å²) in [4.78, 5) is 11.4. The molecule has 0 bridgehead atoms. The second-order valence-corrected chi connectivity index (χ2v) is 6.60. The van der Waals surface area contributed by atoms with Crippen molar-refractivity contribution in [2.24, 2.45) is 5.10 Å². The van der Waals surface area contributed by atoms with Gasteiger partial charge in [0.05, 0.1) is 17.8 Å². The monoisotopic (exact) mass is 422 g/mol. The van der Waals surface area contributed by atoms with Gasteiger partial charge >= 0.3 is 6.09 Å². The fourth-order valence-corrected chi connectivity index (χ4v) is 2.15. The number of benzene rings is 1. The number of carbonyl (C=O) groups excluding carboxylic acids is 1. The third kappa shape index (κ3) is 5.20. The van der Waals surface area contributed by atoms with Gasteiger partial charge in [0, 0.05) is 10.0 Å². The Bertz CT molecular complexity index is 568. The summed E-state index contributed by atoms with van der Waals surface area (Å²) in [6.45, 7) is 5.28. The van der Waals surface area contributed by atoms with Crippen LogP contribution in [0, 0.1) is 0 Å². The first-order chi connectivity index (χ1) is 9.65. The fourth-order valence-electron chi connectivity index (χ4n) is 1.32. The number of aromatic hydroxyl groups is 1. The minimum Gasteiger partial charge on any atom is -0.503 e. The third-order valence-corrected chi connectivity index (χ3v) is 4.31. The maximum Gasteiger partial charge on any atom is 0.428 e. The molecule has 8 heteroatoms. The molecule has 0 aliphatic rings. The Hall–Kier alpha value is -1.28. The van der Waals surface area contributed by atoms with E-state index in [0.29, 0.717) is 14.5 Å². The van der Waals surface area contributed by atoms with Crippen molar-refractivity contribution in [1.29, 1.82) is 0 Å². The SMILES string of the molecule is COc1cc(C=NNC(=O)OC(C)(C)C)c(Br)c(Br)c1O. The molecular formula is C13H16Br2N2O4. The van der Waals surface area contributed by atoms with E-state index in [1.807, 2.05) is 0 Å². The van der Waals surface area contributed by atoms with E-state index in [1.165, 1.54) is 13.3 Å². The number of ether oxygens (including phenoxy) is 2. The number of nitrogens with zero attached hydrogens (tertiary/aromatic N) is 1. The number of phenols is 1. The van der Waals surface area contributed by atoms with E-state index < -0.39 is 11.7 Å². The van der Waals surface area contributed by atoms with Gasteiger partial charge in [-0.05, 0) is 58.7 Å². The average molecular weight is 424 g/mol. The highest BCUT2D eigenvalue weighted by Gasteiger charge is 2.16. The van der Waals surface area contributed by atoms with Crippen LogP contribution in [0.5, 0.6) is 11.5 Å². The van der Waals surface area contributed by atoms with Crippen LogP contribution >= 0.6 is 31.9 Å². The molecule has 1 aromatic rings. The smallest absolute Gasteiger partial charge is 0.428 e. The number of hydrogen-bond acceptors (Lipinski definition) is 5. The number of hydrazone groups is 1. The van der Waals surface area contributed by atoms with Crippen molar-refractivity contribution in [3.8, 4) is 11.5 Å². The highest BCUT2D eigenvalue weighted by atomic mass is 79.9. The van der Waals surface area contributed by atoms with Crippen LogP contribution in [0.15, 0.2) is 20.1 Å². The molecule has 1 amide bonds. The second kappa shape index (κ2) is 7.13. The van der Waals surface area contributed by atoms with E-state index >= 15 is 0 Å². The van der Waals surface area contributed by atoms with Crippen molar-refractivity contribution < 1.29 is 19.4 Å². The van der Waals surface area contributed by atoms with Crippen molar-refractivity contribution in [3.05, 3.63) is 20.6 Å². The zero-order valence-electron chi connectivity index (χ0n) is 12.0. The number of hydrogen-bond donors (Lipinski definition) is 2. The molecule has 0 fully saturated rings. The molecule has 2 N–H and O–H groups in total. The fraction of sp³-hybridized carbons (Fsp3) is 0.385. The van der Waals surface area contributed by atoms with Gasteiger partial charge in [-0.3, -0.25) is 0 Å². The van der Waals surface area contributed by atoms with Crippen LogP contribution in [0.3, 0.4) is 0 Å². The van der Waals surface area contributed by atoms with Crippen LogP contribution in [0.25, 0.3) is 0 Å². The quantitative estimate of drug-likeness (QED) is 0.572. The molecule has 116 valence electrons. The number of methoxy groups -OCH3 is 1. The van der Waals surface area contributed by atoms with Gasteiger partial charge in [0.25, 0.3) is 0 Å². The van der Waals surface area contributed by atoms with Gasteiger partial charge < -0.3 is 14.6 Å². The van der Waals surface area contributed by atoms with E-state index in [1.54, 1.807) is 26.8 Å². The lowest BCUT2D eigenvalue weighted by molar-refractivity contribution is 0.0529. The molecule has 0 aromatic heterocycles. The minimum atomic E-state index is -0.653. The molecule has 0 aliphatic carbocycles. The molecule has 1 aromatic carbocycles. The van der Waals surface area contributed by atoms with E-state index in [9.17, 15) is 9.90 Å². The Kier molecular flexibility index (Phi) is 6.03. The lowest BCUT2D eigenvalue weighted by Gasteiger charge is -2.18. The number of phenolic OH excluding ortho intramolecular Hbond substituents is 1. The second-order valence-electron chi connectivity index (χ2n) is 5.02. The average Bonchev–Trinajstić information content (AvgIpc) is 2.36. The summed E-state index contributed by atoms with van der Waals surface area (Å²) in [6.07, 6.45) is 0.750. The Morgan fingerprint density at radius 2 is 2.00 bits per heavy atom. The summed E-state index contributed by atoms with van der Waals surface area (Å²) in [5, 5.41) is 13.6. The largest absolute Gasteiger partial charge is 0.503 e. The zero-order chi connectivity index (χ0) is 16.2. The molecule has 1 rings (SSSR count). The van der Waals surface area contributed by atoms with Crippen LogP contribution in [0.1, 0.15) is 26.3 Å². The van der Waals surface area contributed by atoms with E-state index in [-0.39, 0.29) is 11.5 Å². The number of nitrogens with one attached hydrogen (secondary N) is 1. The summed E-state index contributed by atoms with van der Waals surface area (Å²) in [5.41, 5.74) is 2.27. The highest BCUT2D eigenvalue weighted by molar-refractivity contribution is 9.13. The first-order valence-corrected chi connectivity index (χ1v) is 7.51. The van der Waals surface area contributed by atoms with E-state index in [4.69, 9.17) is 9.47 Å². The van der Waals surface area contributed by atoms with Crippen molar-refractivity contribution >= 4 is 44.2 Å². The molecule has 0 heterocycles. The predicted molar refractivity (Wildman–Crippen MR) is 87.0 cm³/mol. The Morgan fingerprint density at radius 3 is 2.52 bits per heavy atom. The minimum absolute atomic E-state index is 0.0263. The summed E-state index contributed by atoms with van der Waals surface area (Å²) in [6, 6.07) is 1.57. The first-order valence-electron chi connectivity index (χ1n) is 5.92. The number of halogens is 2. The molecular weight excluding hydrogens is 408 g/mol. The summed E-state index contributed by atoms with van der Waals surface area (Å²) in [7, 11) is 1.44. The first kappa shape index (κ1) is 17.8. The number of rotatable bonds is 3. The molecule has 0 saturated carbocycles. The van der Waals surface area contributed by atoms with Gasteiger partial charge in [-0.25, -0.2) is 10.2 Å². The molecule has 0 saturated heterocycles. The van der Waals surface area contributed by atoms with Gasteiger partial charge in [-0.1, -0.05) is 0 Å². The Morgan fingerprint density at radius 1 is 1.38 bits per heavy atom. The topological polar surface area (TPSA) is 80.2 Å². The van der Waals surface area contributed by atoms with Crippen LogP contribution < -0.4 is 10.2 Å². The van der Waals surface area contributed by atoms with Crippen LogP contribution in [-0.4, -0.2) is 30.1 Å². The zero-order valence-corrected chi connectivity index (χ0v) is 15.2. The molecule has 0 spiro atoms. The van der Waals surface area contributed by atoms with Gasteiger partial charge in [0.15, 0.2) is 11.5 Å². The summed E-state index contributed by atoms with van der Waals surface area (Å²) in [5.74, 6) is 0.255. The normalized spacial score (nSPS) is 11.5. The number of carbonyl (C=O) groups is 1. The molecule has 0 unspecified atom stereocenters. The van der Waals surface area contributed by atoms with Gasteiger partial charge in [0.1, 0.15) is 5.60 Å². The van der Waals surface area contributed by atoms with Crippen molar-refractivity contribution in [1.82, 2.24) is 5.43 Å². The highest BCUT2D eigenvalue weighted by Crippen LogP contribution is 2.41. The van der Waals surface area contributed by atoms with Gasteiger partial charge in [0.2, 0.25) is 0 Å². The maximum absolute atomic E-state index is 11.4. The van der Waals surface area contributed by atoms with E-state index in [2.05, 4.69) is 42.4 Å². The predicted octanol–water partition coefficient (Wildman–Crippen LogP) is 3.78. The van der Waals surface area contributed by atoms with Crippen LogP contribution in [0.4, 0.5) is 4.79 Å². The van der Waals surface area contributed by atoms with Crippen molar-refractivity contribution in [2.45, 2.75) is 26.4 Å². The van der Waals surface area contributed by atoms with Gasteiger partial charge in [-0.2, -0.15) is 5.10 Å². The molecule has 0 radical (unpaired) electrons. The summed E-state index contributed by atoms with van der Waals surface area (Å²) >= 11 is 6.54. The number of amides is 1. The van der Waals surface area contributed by atoms with Crippen molar-refractivity contribution in [3.63, 3.8) is 0 Å². The maximum atomic E-state index is 11.4. The Labute approximate surface area is 139 Å². The van der Waals surface area contributed by atoms with Gasteiger partial charge in [-0.15, -0.1) is 0 Å². The van der Waals surface area contributed by atoms with Crippen LogP contribution in [-0.2, 0) is 4.74 Å². The lowest BCUT2D eigenvalue weighted by Crippen LogP contribution is -2.29. The Balaban J connectivity index is 2.86. The standard InChI is InChI=1S/C13H16Br2N2O4/c1-13(2,3)21-12(19)17-16-6-7-5-8(20-4)11(18)10(15)9(7)14/h5-6,18H,1-4H3,(H,17,19). The molecule has 0 aliphatic heterocycles. The molecule has 21 heavy (non-hydrogen) atoms. The van der Waals surface area contributed by atoms with E-state index in [0.717, 1.165) is 0 Å². The lowest BCUT2D eigenvalue weighted by atomic mass is 10.2.